The first-order valence-corrected chi connectivity index (χ1v) is 6.65. The van der Waals surface area contributed by atoms with Crippen LogP contribution in [0.15, 0.2) is 48.5 Å². The van der Waals surface area contributed by atoms with Gasteiger partial charge in [0.15, 0.2) is 6.29 Å². The monoisotopic (exact) mass is 252 g/mol. The van der Waals surface area contributed by atoms with Crippen molar-refractivity contribution in [2.24, 2.45) is 0 Å². The molecule has 0 radical (unpaired) electrons. The summed E-state index contributed by atoms with van der Waals surface area (Å²) in [6, 6.07) is 16.7. The van der Waals surface area contributed by atoms with E-state index in [-0.39, 0.29) is 0 Å². The predicted octanol–water partition coefficient (Wildman–Crippen LogP) is 4.69. The number of hydrogen-bond acceptors (Lipinski definition) is 2. The van der Waals surface area contributed by atoms with Crippen molar-refractivity contribution in [3.8, 4) is 11.1 Å². The lowest BCUT2D eigenvalue weighted by molar-refractivity contribution is 0.112. The van der Waals surface area contributed by atoms with E-state index in [1.54, 1.807) is 11.3 Å². The molecule has 2 heteroatoms. The fraction of sp³-hybridized carbons (Fsp3) is 0.0625. The quantitative estimate of drug-likeness (QED) is 0.605. The Morgan fingerprint density at radius 1 is 1.00 bits per heavy atom. The Balaban J connectivity index is 2.22. The lowest BCUT2D eigenvalue weighted by atomic mass is 10.0. The zero-order chi connectivity index (χ0) is 12.5. The third kappa shape index (κ3) is 1.75. The van der Waals surface area contributed by atoms with Gasteiger partial charge in [0.1, 0.15) is 0 Å². The third-order valence-electron chi connectivity index (χ3n) is 3.19. The van der Waals surface area contributed by atoms with Gasteiger partial charge in [0, 0.05) is 4.70 Å². The van der Waals surface area contributed by atoms with Crippen molar-refractivity contribution in [1.82, 2.24) is 0 Å². The molecule has 0 atom stereocenters. The molecule has 0 amide bonds. The van der Waals surface area contributed by atoms with Crippen LogP contribution in [-0.4, -0.2) is 6.29 Å². The highest BCUT2D eigenvalue weighted by Crippen LogP contribution is 2.33. The Hall–Kier alpha value is -1.93. The van der Waals surface area contributed by atoms with Crippen LogP contribution in [0.3, 0.4) is 0 Å². The molecule has 0 saturated heterocycles. The predicted molar refractivity (Wildman–Crippen MR) is 77.4 cm³/mol. The van der Waals surface area contributed by atoms with Gasteiger partial charge in [0.2, 0.25) is 0 Å². The van der Waals surface area contributed by atoms with E-state index in [4.69, 9.17) is 0 Å². The van der Waals surface area contributed by atoms with Crippen molar-refractivity contribution in [2.75, 3.05) is 0 Å². The van der Waals surface area contributed by atoms with Crippen molar-refractivity contribution in [3.05, 3.63) is 59.0 Å². The largest absolute Gasteiger partial charge is 0.297 e. The van der Waals surface area contributed by atoms with Gasteiger partial charge >= 0.3 is 0 Å². The summed E-state index contributed by atoms with van der Waals surface area (Å²) in [5.41, 5.74) is 3.49. The number of fused-ring (bicyclic) bond motifs is 1. The molecule has 0 N–H and O–H groups in total. The smallest absolute Gasteiger partial charge is 0.160 e. The highest BCUT2D eigenvalue weighted by Gasteiger charge is 2.08. The van der Waals surface area contributed by atoms with Crippen LogP contribution in [0.1, 0.15) is 15.2 Å². The molecular weight excluding hydrogens is 240 g/mol. The number of carbonyl (C=O) groups is 1. The van der Waals surface area contributed by atoms with Gasteiger partial charge in [-0.2, -0.15) is 0 Å². The van der Waals surface area contributed by atoms with E-state index in [0.717, 1.165) is 16.7 Å². The number of rotatable bonds is 2. The highest BCUT2D eigenvalue weighted by atomic mass is 32.1. The van der Waals surface area contributed by atoms with Crippen molar-refractivity contribution >= 4 is 27.7 Å². The Labute approximate surface area is 110 Å². The molecule has 0 aliphatic carbocycles. The van der Waals surface area contributed by atoms with Crippen LogP contribution in [0.2, 0.25) is 0 Å². The number of aldehydes is 1. The number of hydrogen-bond donors (Lipinski definition) is 0. The minimum atomic E-state index is 0.829. The van der Waals surface area contributed by atoms with E-state index in [1.165, 1.54) is 21.2 Å². The molecule has 1 nitrogen and oxygen atoms in total. The molecule has 2 aromatic carbocycles. The highest BCUT2D eigenvalue weighted by molar-refractivity contribution is 7.20. The summed E-state index contributed by atoms with van der Waals surface area (Å²) >= 11 is 1.56. The topological polar surface area (TPSA) is 17.1 Å². The average molecular weight is 252 g/mol. The van der Waals surface area contributed by atoms with Gasteiger partial charge in [-0.1, -0.05) is 36.4 Å². The Bertz CT molecular complexity index is 711. The molecule has 0 saturated carbocycles. The second-order valence-corrected chi connectivity index (χ2v) is 5.37. The zero-order valence-corrected chi connectivity index (χ0v) is 10.8. The SMILES string of the molecule is Cc1c(C=O)sc2ccc(-c3ccccc3)cc12. The molecule has 3 aromatic rings. The zero-order valence-electron chi connectivity index (χ0n) is 10.0. The second kappa shape index (κ2) is 4.39. The molecule has 0 fully saturated rings. The van der Waals surface area contributed by atoms with E-state index in [1.807, 2.05) is 25.1 Å². The molecule has 88 valence electrons. The number of thiophene rings is 1. The van der Waals surface area contributed by atoms with Crippen LogP contribution in [0.25, 0.3) is 21.2 Å². The second-order valence-electron chi connectivity index (χ2n) is 4.29. The van der Waals surface area contributed by atoms with E-state index < -0.39 is 0 Å². The van der Waals surface area contributed by atoms with Gasteiger partial charge in [-0.05, 0) is 41.1 Å². The average Bonchev–Trinajstić information content (AvgIpc) is 2.76. The van der Waals surface area contributed by atoms with Crippen LogP contribution in [0.4, 0.5) is 0 Å². The van der Waals surface area contributed by atoms with Crippen molar-refractivity contribution in [2.45, 2.75) is 6.92 Å². The van der Waals surface area contributed by atoms with Crippen LogP contribution in [0.5, 0.6) is 0 Å². The molecule has 0 unspecified atom stereocenters. The fourth-order valence-electron chi connectivity index (χ4n) is 2.16. The molecular formula is C16H12OS. The first kappa shape index (κ1) is 11.2. The Morgan fingerprint density at radius 3 is 2.50 bits per heavy atom. The van der Waals surface area contributed by atoms with Gasteiger partial charge in [0.25, 0.3) is 0 Å². The van der Waals surface area contributed by atoms with E-state index >= 15 is 0 Å². The summed E-state index contributed by atoms with van der Waals surface area (Å²) in [6.07, 6.45) is 0.947. The van der Waals surface area contributed by atoms with Crippen LogP contribution in [-0.2, 0) is 0 Å². The van der Waals surface area contributed by atoms with Crippen molar-refractivity contribution in [3.63, 3.8) is 0 Å². The normalized spacial score (nSPS) is 10.7. The lowest BCUT2D eigenvalue weighted by Gasteiger charge is -2.02. The molecule has 1 aromatic heterocycles. The molecule has 0 spiro atoms. The lowest BCUT2D eigenvalue weighted by Crippen LogP contribution is -1.78. The maximum atomic E-state index is 11.0. The molecule has 0 aliphatic heterocycles. The summed E-state index contributed by atoms with van der Waals surface area (Å²) in [6.45, 7) is 2.01. The van der Waals surface area contributed by atoms with E-state index in [0.29, 0.717) is 0 Å². The first-order chi connectivity index (χ1) is 8.79. The first-order valence-electron chi connectivity index (χ1n) is 5.83. The molecule has 0 aliphatic rings. The summed E-state index contributed by atoms with van der Waals surface area (Å²) < 4.78 is 1.18. The van der Waals surface area contributed by atoms with Gasteiger partial charge in [-0.15, -0.1) is 11.3 Å². The Morgan fingerprint density at radius 2 is 1.78 bits per heavy atom. The van der Waals surface area contributed by atoms with Crippen LogP contribution >= 0.6 is 11.3 Å². The maximum absolute atomic E-state index is 11.0. The summed E-state index contributed by atoms with van der Waals surface area (Å²) in [4.78, 5) is 11.8. The van der Waals surface area contributed by atoms with Gasteiger partial charge in [0.05, 0.1) is 4.88 Å². The summed E-state index contributed by atoms with van der Waals surface area (Å²) in [5, 5.41) is 1.18. The molecule has 18 heavy (non-hydrogen) atoms. The van der Waals surface area contributed by atoms with Gasteiger partial charge in [-0.3, -0.25) is 4.79 Å². The third-order valence-corrected chi connectivity index (χ3v) is 4.39. The van der Waals surface area contributed by atoms with Gasteiger partial charge < -0.3 is 0 Å². The number of carbonyl (C=O) groups excluding carboxylic acids is 1. The summed E-state index contributed by atoms with van der Waals surface area (Å²) in [5.74, 6) is 0. The van der Waals surface area contributed by atoms with Gasteiger partial charge in [-0.25, -0.2) is 0 Å². The standard InChI is InChI=1S/C16H12OS/c1-11-14-9-13(12-5-3-2-4-6-12)7-8-15(14)18-16(11)10-17/h2-10H,1H3. The van der Waals surface area contributed by atoms with E-state index in [2.05, 4.69) is 30.3 Å². The minimum absolute atomic E-state index is 0.829. The van der Waals surface area contributed by atoms with E-state index in [9.17, 15) is 4.79 Å². The minimum Gasteiger partial charge on any atom is -0.297 e. The van der Waals surface area contributed by atoms with Crippen LogP contribution in [0, 0.1) is 6.92 Å². The summed E-state index contributed by atoms with van der Waals surface area (Å²) in [7, 11) is 0. The van der Waals surface area contributed by atoms with Crippen LogP contribution < -0.4 is 0 Å². The fourth-order valence-corrected chi connectivity index (χ4v) is 3.17. The number of benzene rings is 2. The maximum Gasteiger partial charge on any atom is 0.160 e. The molecule has 1 heterocycles. The van der Waals surface area contributed by atoms with Crippen molar-refractivity contribution in [1.29, 1.82) is 0 Å². The number of aryl methyl sites for hydroxylation is 1. The molecule has 3 rings (SSSR count). The Kier molecular flexibility index (Phi) is 2.73. The van der Waals surface area contributed by atoms with Crippen molar-refractivity contribution < 1.29 is 4.79 Å². The molecule has 0 bridgehead atoms.